The van der Waals surface area contributed by atoms with E-state index in [-0.39, 0.29) is 29.0 Å². The molecule has 2 unspecified atom stereocenters. The first-order valence-corrected chi connectivity index (χ1v) is 8.50. The molecule has 2 amide bonds. The second-order valence-electron chi connectivity index (χ2n) is 6.02. The van der Waals surface area contributed by atoms with Crippen LogP contribution >= 0.6 is 0 Å². The highest BCUT2D eigenvalue weighted by Gasteiger charge is 2.20. The van der Waals surface area contributed by atoms with E-state index in [4.69, 9.17) is 0 Å². The molecular formula is C19H23FN4O2. The van der Waals surface area contributed by atoms with Crippen molar-refractivity contribution < 1.29 is 14.0 Å². The van der Waals surface area contributed by atoms with E-state index in [0.29, 0.717) is 0 Å². The molecule has 7 heteroatoms. The maximum Gasteiger partial charge on any atom is 0.255 e. The summed E-state index contributed by atoms with van der Waals surface area (Å²) in [5.41, 5.74) is 0.432. The number of hydrogen-bond acceptors (Lipinski definition) is 4. The number of halogens is 1. The Labute approximate surface area is 152 Å². The molecule has 0 aliphatic carbocycles. The van der Waals surface area contributed by atoms with Crippen LogP contribution in [0.2, 0.25) is 0 Å². The summed E-state index contributed by atoms with van der Waals surface area (Å²) in [5, 5.41) is 8.27. The molecule has 2 aromatic rings. The standard InChI is InChI=1S/C19H23FN4O2/c1-4-12(2)22-18(25)13(3)23-19(26)14-8-7-11-21-17(14)24-16-10-6-5-9-15(16)20/h5-13H,4H2,1-3H3,(H,21,24)(H,22,25)(H,23,26). The van der Waals surface area contributed by atoms with Crippen molar-refractivity contribution in [3.8, 4) is 0 Å². The lowest BCUT2D eigenvalue weighted by Crippen LogP contribution is -2.47. The lowest BCUT2D eigenvalue weighted by molar-refractivity contribution is -0.123. The third kappa shape index (κ3) is 5.02. The first kappa shape index (κ1) is 19.4. The molecule has 2 rings (SSSR count). The van der Waals surface area contributed by atoms with E-state index >= 15 is 0 Å². The van der Waals surface area contributed by atoms with Crippen LogP contribution in [0.5, 0.6) is 0 Å². The average Bonchev–Trinajstić information content (AvgIpc) is 2.63. The highest BCUT2D eigenvalue weighted by Crippen LogP contribution is 2.20. The summed E-state index contributed by atoms with van der Waals surface area (Å²) in [5.74, 6) is -0.973. The number of amides is 2. The largest absolute Gasteiger partial charge is 0.352 e. The summed E-state index contributed by atoms with van der Waals surface area (Å²) in [6.45, 7) is 5.46. The van der Waals surface area contributed by atoms with Crippen LogP contribution in [0.4, 0.5) is 15.9 Å². The Bertz CT molecular complexity index is 782. The zero-order chi connectivity index (χ0) is 19.1. The van der Waals surface area contributed by atoms with Gasteiger partial charge in [0.05, 0.1) is 11.3 Å². The van der Waals surface area contributed by atoms with Crippen LogP contribution in [-0.2, 0) is 4.79 Å². The molecule has 1 heterocycles. The second kappa shape index (κ2) is 8.94. The average molecular weight is 358 g/mol. The number of anilines is 2. The number of hydrogen-bond donors (Lipinski definition) is 3. The van der Waals surface area contributed by atoms with Gasteiger partial charge in [-0.3, -0.25) is 9.59 Å². The van der Waals surface area contributed by atoms with E-state index in [1.165, 1.54) is 12.3 Å². The van der Waals surface area contributed by atoms with Gasteiger partial charge in [0.2, 0.25) is 5.91 Å². The highest BCUT2D eigenvalue weighted by molar-refractivity contribution is 6.01. The summed E-state index contributed by atoms with van der Waals surface area (Å²) in [6.07, 6.45) is 2.30. The van der Waals surface area contributed by atoms with E-state index in [1.807, 2.05) is 13.8 Å². The smallest absolute Gasteiger partial charge is 0.255 e. The Morgan fingerprint density at radius 1 is 1.12 bits per heavy atom. The van der Waals surface area contributed by atoms with Gasteiger partial charge in [0.1, 0.15) is 17.7 Å². The number of nitrogens with zero attached hydrogens (tertiary/aromatic N) is 1. The summed E-state index contributed by atoms with van der Waals surface area (Å²) in [6, 6.07) is 8.59. The maximum absolute atomic E-state index is 13.8. The molecule has 2 atom stereocenters. The van der Waals surface area contributed by atoms with Gasteiger partial charge in [0, 0.05) is 12.2 Å². The van der Waals surface area contributed by atoms with Crippen molar-refractivity contribution in [3.63, 3.8) is 0 Å². The quantitative estimate of drug-likeness (QED) is 0.710. The Morgan fingerprint density at radius 3 is 2.54 bits per heavy atom. The van der Waals surface area contributed by atoms with Gasteiger partial charge in [-0.05, 0) is 44.5 Å². The minimum Gasteiger partial charge on any atom is -0.352 e. The molecule has 6 nitrogen and oxygen atoms in total. The number of pyridine rings is 1. The summed E-state index contributed by atoms with van der Waals surface area (Å²) < 4.78 is 13.8. The van der Waals surface area contributed by atoms with Crippen LogP contribution < -0.4 is 16.0 Å². The molecular weight excluding hydrogens is 335 g/mol. The molecule has 26 heavy (non-hydrogen) atoms. The van der Waals surface area contributed by atoms with E-state index in [2.05, 4.69) is 20.9 Å². The SMILES string of the molecule is CCC(C)NC(=O)C(C)NC(=O)c1cccnc1Nc1ccccc1F. The van der Waals surface area contributed by atoms with Gasteiger partial charge in [-0.1, -0.05) is 19.1 Å². The molecule has 1 aromatic heterocycles. The molecule has 138 valence electrons. The fourth-order valence-corrected chi connectivity index (χ4v) is 2.19. The molecule has 0 bridgehead atoms. The second-order valence-corrected chi connectivity index (χ2v) is 6.02. The minimum absolute atomic E-state index is 0.0264. The molecule has 0 aliphatic rings. The fraction of sp³-hybridized carbons (Fsp3) is 0.316. The number of para-hydroxylation sites is 1. The van der Waals surface area contributed by atoms with Crippen LogP contribution in [0.15, 0.2) is 42.6 Å². The summed E-state index contributed by atoms with van der Waals surface area (Å²) in [7, 11) is 0. The van der Waals surface area contributed by atoms with E-state index in [9.17, 15) is 14.0 Å². The lowest BCUT2D eigenvalue weighted by Gasteiger charge is -2.18. The van der Waals surface area contributed by atoms with Gasteiger partial charge in [-0.2, -0.15) is 0 Å². The highest BCUT2D eigenvalue weighted by atomic mass is 19.1. The van der Waals surface area contributed by atoms with Gasteiger partial charge < -0.3 is 16.0 Å². The number of carbonyl (C=O) groups excluding carboxylic acids is 2. The first-order chi connectivity index (χ1) is 12.4. The van der Waals surface area contributed by atoms with Crippen molar-refractivity contribution in [2.24, 2.45) is 0 Å². The van der Waals surface area contributed by atoms with Gasteiger partial charge >= 0.3 is 0 Å². The minimum atomic E-state index is -0.710. The van der Waals surface area contributed by atoms with Crippen molar-refractivity contribution >= 4 is 23.3 Å². The molecule has 0 spiro atoms. The van der Waals surface area contributed by atoms with Gasteiger partial charge in [-0.25, -0.2) is 9.37 Å². The van der Waals surface area contributed by atoms with Gasteiger partial charge in [0.25, 0.3) is 5.91 Å². The number of benzene rings is 1. The molecule has 1 aromatic carbocycles. The van der Waals surface area contributed by atoms with Gasteiger partial charge in [0.15, 0.2) is 0 Å². The normalized spacial score (nSPS) is 12.8. The predicted molar refractivity (Wildman–Crippen MR) is 98.7 cm³/mol. The summed E-state index contributed by atoms with van der Waals surface area (Å²) in [4.78, 5) is 28.7. The molecule has 0 saturated heterocycles. The van der Waals surface area contributed by atoms with Crippen LogP contribution in [0.25, 0.3) is 0 Å². The molecule has 0 fully saturated rings. The maximum atomic E-state index is 13.8. The predicted octanol–water partition coefficient (Wildman–Crippen LogP) is 3.00. The molecule has 0 radical (unpaired) electrons. The number of nitrogens with one attached hydrogen (secondary N) is 3. The summed E-state index contributed by atoms with van der Waals surface area (Å²) >= 11 is 0. The first-order valence-electron chi connectivity index (χ1n) is 8.50. The topological polar surface area (TPSA) is 83.1 Å². The zero-order valence-corrected chi connectivity index (χ0v) is 15.0. The number of aromatic nitrogens is 1. The van der Waals surface area contributed by atoms with Crippen molar-refractivity contribution in [1.82, 2.24) is 15.6 Å². The molecule has 0 aliphatic heterocycles. The van der Waals surface area contributed by atoms with Crippen LogP contribution in [0, 0.1) is 5.82 Å². The Morgan fingerprint density at radius 2 is 1.85 bits per heavy atom. The van der Waals surface area contributed by atoms with Gasteiger partial charge in [-0.15, -0.1) is 0 Å². The van der Waals surface area contributed by atoms with Crippen molar-refractivity contribution in [2.75, 3.05) is 5.32 Å². The fourth-order valence-electron chi connectivity index (χ4n) is 2.19. The van der Waals surface area contributed by atoms with Crippen molar-refractivity contribution in [1.29, 1.82) is 0 Å². The third-order valence-electron chi connectivity index (χ3n) is 3.92. The van der Waals surface area contributed by atoms with E-state index in [1.54, 1.807) is 37.3 Å². The van der Waals surface area contributed by atoms with Crippen LogP contribution in [0.1, 0.15) is 37.6 Å². The van der Waals surface area contributed by atoms with Crippen LogP contribution in [0.3, 0.4) is 0 Å². The number of rotatable bonds is 7. The van der Waals surface area contributed by atoms with Crippen molar-refractivity contribution in [2.45, 2.75) is 39.3 Å². The van der Waals surface area contributed by atoms with E-state index in [0.717, 1.165) is 6.42 Å². The zero-order valence-electron chi connectivity index (χ0n) is 15.0. The monoisotopic (exact) mass is 358 g/mol. The molecule has 3 N–H and O–H groups in total. The Balaban J connectivity index is 2.12. The lowest BCUT2D eigenvalue weighted by atomic mass is 10.2. The Hall–Kier alpha value is -2.96. The molecule has 0 saturated carbocycles. The Kier molecular flexibility index (Phi) is 6.66. The third-order valence-corrected chi connectivity index (χ3v) is 3.92. The van der Waals surface area contributed by atoms with E-state index < -0.39 is 17.8 Å². The number of carbonyl (C=O) groups is 2. The van der Waals surface area contributed by atoms with Crippen LogP contribution in [-0.4, -0.2) is 28.9 Å². The van der Waals surface area contributed by atoms with Crippen molar-refractivity contribution in [3.05, 3.63) is 54.0 Å².